The van der Waals surface area contributed by atoms with Gasteiger partial charge in [0.2, 0.25) is 5.91 Å². The number of ether oxygens (including phenoxy) is 1. The Bertz CT molecular complexity index is 1170. The zero-order valence-electron chi connectivity index (χ0n) is 20.7. The van der Waals surface area contributed by atoms with Crippen LogP contribution in [0.1, 0.15) is 35.4 Å². The van der Waals surface area contributed by atoms with E-state index in [2.05, 4.69) is 40.6 Å². The number of amides is 2. The highest BCUT2D eigenvalue weighted by atomic mass is 32.1. The fourth-order valence-electron chi connectivity index (χ4n) is 5.33. The second-order valence-electron chi connectivity index (χ2n) is 9.53. The highest BCUT2D eigenvalue weighted by Gasteiger charge is 2.32. The van der Waals surface area contributed by atoms with Crippen molar-refractivity contribution in [2.75, 3.05) is 39.3 Å². The summed E-state index contributed by atoms with van der Waals surface area (Å²) in [4.78, 5) is 33.6. The van der Waals surface area contributed by atoms with Crippen LogP contribution in [0, 0.1) is 0 Å². The number of para-hydroxylation sites is 1. The topological polar surface area (TPSA) is 53.1 Å². The summed E-state index contributed by atoms with van der Waals surface area (Å²) in [5, 5.41) is 2.18. The van der Waals surface area contributed by atoms with E-state index in [9.17, 15) is 9.59 Å². The Morgan fingerprint density at radius 1 is 0.944 bits per heavy atom. The van der Waals surface area contributed by atoms with Crippen LogP contribution in [-0.4, -0.2) is 71.9 Å². The summed E-state index contributed by atoms with van der Waals surface area (Å²) in [6.07, 6.45) is 1.52. The Kier molecular flexibility index (Phi) is 7.68. The van der Waals surface area contributed by atoms with E-state index in [1.807, 2.05) is 64.5 Å². The number of hydrogen-bond acceptors (Lipinski definition) is 5. The Morgan fingerprint density at radius 3 is 2.44 bits per heavy atom. The number of piperazine rings is 1. The molecule has 188 valence electrons. The molecule has 2 amide bonds. The van der Waals surface area contributed by atoms with Crippen LogP contribution in [0.25, 0.3) is 0 Å². The SMILES string of the molecule is CC1CN(C(=O)CCN2CCc3sccc3C2c2ccccc2)CCN1C(=O)COc1ccccc1. The maximum Gasteiger partial charge on any atom is 0.260 e. The van der Waals surface area contributed by atoms with Gasteiger partial charge in [0.1, 0.15) is 5.75 Å². The third-order valence-corrected chi connectivity index (χ3v) is 8.20. The second kappa shape index (κ2) is 11.3. The van der Waals surface area contributed by atoms with Gasteiger partial charge in [0.05, 0.1) is 6.04 Å². The summed E-state index contributed by atoms with van der Waals surface area (Å²) in [5.41, 5.74) is 2.66. The number of hydrogen-bond donors (Lipinski definition) is 0. The highest BCUT2D eigenvalue weighted by Crippen LogP contribution is 2.37. The molecule has 1 fully saturated rings. The monoisotopic (exact) mass is 503 g/mol. The van der Waals surface area contributed by atoms with Gasteiger partial charge in [-0.15, -0.1) is 11.3 Å². The number of carbonyl (C=O) groups is 2. The van der Waals surface area contributed by atoms with Crippen molar-refractivity contribution in [2.45, 2.75) is 31.8 Å². The molecule has 3 aromatic rings. The molecule has 0 spiro atoms. The average Bonchev–Trinajstić information content (AvgIpc) is 3.40. The van der Waals surface area contributed by atoms with Crippen molar-refractivity contribution in [1.29, 1.82) is 0 Å². The van der Waals surface area contributed by atoms with Crippen molar-refractivity contribution in [3.8, 4) is 5.75 Å². The van der Waals surface area contributed by atoms with Crippen molar-refractivity contribution in [2.24, 2.45) is 0 Å². The lowest BCUT2D eigenvalue weighted by atomic mass is 9.93. The van der Waals surface area contributed by atoms with Gasteiger partial charge in [0, 0.05) is 50.1 Å². The smallest absolute Gasteiger partial charge is 0.260 e. The summed E-state index contributed by atoms with van der Waals surface area (Å²) < 4.78 is 5.64. The first-order valence-corrected chi connectivity index (χ1v) is 13.6. The molecular formula is C29H33N3O3S. The van der Waals surface area contributed by atoms with Gasteiger partial charge in [-0.2, -0.15) is 0 Å². The average molecular weight is 504 g/mol. The van der Waals surface area contributed by atoms with Crippen LogP contribution in [-0.2, 0) is 16.0 Å². The largest absolute Gasteiger partial charge is 0.484 e. The van der Waals surface area contributed by atoms with E-state index in [4.69, 9.17) is 4.74 Å². The molecule has 2 aliphatic rings. The molecule has 0 bridgehead atoms. The lowest BCUT2D eigenvalue weighted by molar-refractivity contribution is -0.144. The number of rotatable bonds is 7. The number of carbonyl (C=O) groups excluding carboxylic acids is 2. The molecule has 0 aliphatic carbocycles. The van der Waals surface area contributed by atoms with Crippen LogP contribution in [0.15, 0.2) is 72.1 Å². The molecule has 7 heteroatoms. The summed E-state index contributed by atoms with van der Waals surface area (Å²) in [5.74, 6) is 0.815. The first kappa shape index (κ1) is 24.5. The predicted molar refractivity (Wildman–Crippen MR) is 142 cm³/mol. The fraction of sp³-hybridized carbons (Fsp3) is 0.379. The van der Waals surface area contributed by atoms with E-state index in [1.165, 1.54) is 16.0 Å². The molecule has 0 radical (unpaired) electrons. The van der Waals surface area contributed by atoms with Crippen LogP contribution in [0.5, 0.6) is 5.75 Å². The molecule has 6 nitrogen and oxygen atoms in total. The minimum Gasteiger partial charge on any atom is -0.484 e. The Balaban J connectivity index is 1.15. The Labute approximate surface area is 217 Å². The van der Waals surface area contributed by atoms with Crippen LogP contribution >= 0.6 is 11.3 Å². The molecule has 1 saturated heterocycles. The van der Waals surface area contributed by atoms with Crippen molar-refractivity contribution < 1.29 is 14.3 Å². The van der Waals surface area contributed by atoms with Crippen molar-refractivity contribution >= 4 is 23.2 Å². The second-order valence-corrected chi connectivity index (χ2v) is 10.5. The van der Waals surface area contributed by atoms with Crippen molar-refractivity contribution in [3.05, 3.63) is 88.1 Å². The molecule has 2 aromatic carbocycles. The minimum atomic E-state index is -0.0379. The van der Waals surface area contributed by atoms with Gasteiger partial charge in [-0.3, -0.25) is 14.5 Å². The molecule has 3 heterocycles. The Morgan fingerprint density at radius 2 is 1.69 bits per heavy atom. The lowest BCUT2D eigenvalue weighted by Gasteiger charge is -2.40. The fourth-order valence-corrected chi connectivity index (χ4v) is 6.24. The quantitative estimate of drug-likeness (QED) is 0.484. The molecule has 1 aromatic heterocycles. The maximum atomic E-state index is 13.2. The number of nitrogens with zero attached hydrogens (tertiary/aromatic N) is 3. The standard InChI is InChI=1S/C29H33N3O3S/c1-22-20-31(17-18-32(22)28(34)21-35-24-10-6-3-7-11-24)27(33)13-16-30-15-12-26-25(14-19-36-26)29(30)23-8-4-2-5-9-23/h2-11,14,19,22,29H,12-13,15-18,20-21H2,1H3. The highest BCUT2D eigenvalue weighted by molar-refractivity contribution is 7.10. The molecule has 2 atom stereocenters. The lowest BCUT2D eigenvalue weighted by Crippen LogP contribution is -2.56. The van der Waals surface area contributed by atoms with E-state index in [0.29, 0.717) is 31.8 Å². The molecule has 2 unspecified atom stereocenters. The van der Waals surface area contributed by atoms with Gasteiger partial charge in [0.25, 0.3) is 5.91 Å². The van der Waals surface area contributed by atoms with Gasteiger partial charge in [-0.25, -0.2) is 0 Å². The van der Waals surface area contributed by atoms with Crippen LogP contribution in [0.3, 0.4) is 0 Å². The number of thiophene rings is 1. The summed E-state index contributed by atoms with van der Waals surface area (Å²) in [7, 11) is 0. The van der Waals surface area contributed by atoms with Gasteiger partial charge in [0.15, 0.2) is 6.61 Å². The molecule has 36 heavy (non-hydrogen) atoms. The number of fused-ring (bicyclic) bond motifs is 1. The van der Waals surface area contributed by atoms with E-state index in [0.717, 1.165) is 19.5 Å². The maximum absolute atomic E-state index is 13.2. The van der Waals surface area contributed by atoms with E-state index in [-0.39, 0.29) is 30.5 Å². The molecule has 5 rings (SSSR count). The number of benzene rings is 2. The third kappa shape index (κ3) is 5.47. The molecule has 2 aliphatic heterocycles. The zero-order valence-corrected chi connectivity index (χ0v) is 21.5. The van der Waals surface area contributed by atoms with Gasteiger partial charge >= 0.3 is 0 Å². The van der Waals surface area contributed by atoms with Gasteiger partial charge in [-0.1, -0.05) is 48.5 Å². The van der Waals surface area contributed by atoms with E-state index in [1.54, 1.807) is 0 Å². The first-order chi connectivity index (χ1) is 17.6. The van der Waals surface area contributed by atoms with Gasteiger partial charge < -0.3 is 14.5 Å². The minimum absolute atomic E-state index is 0.0166. The van der Waals surface area contributed by atoms with Crippen LogP contribution in [0.4, 0.5) is 0 Å². The van der Waals surface area contributed by atoms with Crippen molar-refractivity contribution in [1.82, 2.24) is 14.7 Å². The summed E-state index contributed by atoms with van der Waals surface area (Å²) in [6.45, 7) is 5.38. The summed E-state index contributed by atoms with van der Waals surface area (Å²) in [6, 6.07) is 22.4. The van der Waals surface area contributed by atoms with Crippen LogP contribution < -0.4 is 4.74 Å². The normalized spacial score (nSPS) is 20.1. The zero-order chi connectivity index (χ0) is 24.9. The van der Waals surface area contributed by atoms with E-state index >= 15 is 0 Å². The third-order valence-electron chi connectivity index (χ3n) is 7.20. The molecular weight excluding hydrogens is 470 g/mol. The molecule has 0 N–H and O–H groups in total. The van der Waals surface area contributed by atoms with Crippen LogP contribution in [0.2, 0.25) is 0 Å². The molecule has 0 saturated carbocycles. The van der Waals surface area contributed by atoms with E-state index < -0.39 is 0 Å². The van der Waals surface area contributed by atoms with Crippen molar-refractivity contribution in [3.63, 3.8) is 0 Å². The Hall–Kier alpha value is -3.16. The van der Waals surface area contributed by atoms with Gasteiger partial charge in [-0.05, 0) is 48.1 Å². The first-order valence-electron chi connectivity index (χ1n) is 12.7. The summed E-state index contributed by atoms with van der Waals surface area (Å²) >= 11 is 1.83. The predicted octanol–water partition coefficient (Wildman–Crippen LogP) is 4.22.